The van der Waals surface area contributed by atoms with Crippen LogP contribution in [0.3, 0.4) is 0 Å². The normalized spacial score (nSPS) is 16.5. The van der Waals surface area contributed by atoms with Crippen LogP contribution < -0.4 is 0 Å². The van der Waals surface area contributed by atoms with Crippen molar-refractivity contribution in [3.8, 4) is 0 Å². The zero-order valence-electron chi connectivity index (χ0n) is 7.75. The van der Waals surface area contributed by atoms with Crippen molar-refractivity contribution in [2.45, 2.75) is 25.7 Å². The summed E-state index contributed by atoms with van der Waals surface area (Å²) in [5.74, 6) is 0.129. The van der Waals surface area contributed by atoms with Gasteiger partial charge in [0.1, 0.15) is 0 Å². The number of Topliss-reactive ketones (excluding diaryl/α,β-unsaturated/α-hetero) is 1. The summed E-state index contributed by atoms with van der Waals surface area (Å²) in [5.41, 5.74) is 0.945. The molecular weight excluding hydrogens is 216 g/mol. The van der Waals surface area contributed by atoms with Crippen molar-refractivity contribution >= 4 is 28.7 Å². The smallest absolute Gasteiger partial charge is 0.200 e. The fourth-order valence-electron chi connectivity index (χ4n) is 1.65. The van der Waals surface area contributed by atoms with E-state index in [9.17, 15) is 4.79 Å². The number of ketones is 1. The number of rotatable bonds is 2. The van der Waals surface area contributed by atoms with E-state index in [2.05, 4.69) is 6.08 Å². The van der Waals surface area contributed by atoms with E-state index < -0.39 is 0 Å². The molecule has 0 N–H and O–H groups in total. The van der Waals surface area contributed by atoms with Crippen LogP contribution in [0.15, 0.2) is 23.1 Å². The number of halogens is 1. The Hall–Kier alpha value is -0.600. The van der Waals surface area contributed by atoms with Crippen LogP contribution in [0.5, 0.6) is 0 Å². The second-order valence-corrected chi connectivity index (χ2v) is 4.73. The minimum absolute atomic E-state index is 0.129. The predicted molar refractivity (Wildman–Crippen MR) is 60.2 cm³/mol. The van der Waals surface area contributed by atoms with Gasteiger partial charge in [-0.2, -0.15) is 0 Å². The first-order valence-electron chi connectivity index (χ1n) is 4.76. The van der Waals surface area contributed by atoms with Gasteiger partial charge in [-0.25, -0.2) is 0 Å². The van der Waals surface area contributed by atoms with Gasteiger partial charge in [0.15, 0.2) is 5.78 Å². The van der Waals surface area contributed by atoms with Gasteiger partial charge < -0.3 is 0 Å². The lowest BCUT2D eigenvalue weighted by Gasteiger charge is -2.10. The number of allylic oxidation sites excluding steroid dienone is 2. The molecule has 1 aromatic heterocycles. The van der Waals surface area contributed by atoms with E-state index in [1.807, 2.05) is 5.38 Å². The van der Waals surface area contributed by atoms with Crippen molar-refractivity contribution in [3.63, 3.8) is 0 Å². The van der Waals surface area contributed by atoms with E-state index >= 15 is 0 Å². The van der Waals surface area contributed by atoms with Crippen LogP contribution >= 0.6 is 22.9 Å². The molecule has 0 aliphatic heterocycles. The average molecular weight is 227 g/mol. The minimum atomic E-state index is 0.129. The van der Waals surface area contributed by atoms with E-state index in [1.165, 1.54) is 17.8 Å². The molecule has 0 bridgehead atoms. The number of hydrogen-bond donors (Lipinski definition) is 0. The van der Waals surface area contributed by atoms with Crippen LogP contribution in [0.25, 0.3) is 0 Å². The lowest BCUT2D eigenvalue weighted by atomic mass is 9.96. The quantitative estimate of drug-likeness (QED) is 0.695. The molecule has 0 aromatic carbocycles. The van der Waals surface area contributed by atoms with Crippen LogP contribution in [0.2, 0.25) is 5.02 Å². The summed E-state index contributed by atoms with van der Waals surface area (Å²) in [6.07, 6.45) is 6.33. The predicted octanol–water partition coefficient (Wildman–Crippen LogP) is 4.08. The Labute approximate surface area is 92.4 Å². The first-order chi connectivity index (χ1) is 6.79. The maximum absolute atomic E-state index is 11.9. The molecule has 0 radical (unpaired) electrons. The molecule has 0 saturated heterocycles. The summed E-state index contributed by atoms with van der Waals surface area (Å²) in [5, 5.41) is 2.45. The number of carbonyl (C=O) groups is 1. The summed E-state index contributed by atoms with van der Waals surface area (Å²) >= 11 is 7.35. The van der Waals surface area contributed by atoms with Gasteiger partial charge in [-0.05, 0) is 42.7 Å². The monoisotopic (exact) mass is 226 g/mol. The molecule has 1 heterocycles. The molecular formula is C11H11ClOS. The zero-order chi connectivity index (χ0) is 9.97. The summed E-state index contributed by atoms with van der Waals surface area (Å²) in [6.45, 7) is 0. The van der Waals surface area contributed by atoms with Crippen molar-refractivity contribution in [3.05, 3.63) is 33.0 Å². The number of hydrogen-bond acceptors (Lipinski definition) is 2. The zero-order valence-corrected chi connectivity index (χ0v) is 9.33. The molecule has 0 spiro atoms. The maximum Gasteiger partial charge on any atom is 0.200 e. The van der Waals surface area contributed by atoms with E-state index in [-0.39, 0.29) is 5.78 Å². The van der Waals surface area contributed by atoms with Crippen LogP contribution in [-0.4, -0.2) is 5.78 Å². The third kappa shape index (κ3) is 1.91. The molecule has 0 saturated carbocycles. The van der Waals surface area contributed by atoms with Crippen molar-refractivity contribution in [2.24, 2.45) is 0 Å². The average Bonchev–Trinajstić information content (AvgIpc) is 2.65. The molecule has 0 atom stereocenters. The van der Waals surface area contributed by atoms with Crippen molar-refractivity contribution in [1.82, 2.24) is 0 Å². The molecule has 74 valence electrons. The summed E-state index contributed by atoms with van der Waals surface area (Å²) in [4.78, 5) is 12.6. The summed E-state index contributed by atoms with van der Waals surface area (Å²) in [6, 6.07) is 1.78. The third-order valence-corrected chi connectivity index (χ3v) is 3.75. The second-order valence-electron chi connectivity index (χ2n) is 3.40. The Morgan fingerprint density at radius 1 is 1.43 bits per heavy atom. The first-order valence-corrected chi connectivity index (χ1v) is 6.01. The highest BCUT2D eigenvalue weighted by Crippen LogP contribution is 2.28. The molecule has 1 aromatic rings. The van der Waals surface area contributed by atoms with Crippen LogP contribution in [0, 0.1) is 0 Å². The van der Waals surface area contributed by atoms with Gasteiger partial charge in [-0.15, -0.1) is 11.3 Å². The van der Waals surface area contributed by atoms with Gasteiger partial charge in [-0.3, -0.25) is 4.79 Å². The number of carbonyl (C=O) groups excluding carboxylic acids is 1. The third-order valence-electron chi connectivity index (χ3n) is 2.41. The Morgan fingerprint density at radius 2 is 2.29 bits per heavy atom. The molecule has 3 heteroatoms. The SMILES string of the molecule is O=C(C1=CCCCC1)c1sccc1Cl. The molecule has 1 aliphatic carbocycles. The largest absolute Gasteiger partial charge is 0.288 e. The minimum Gasteiger partial charge on any atom is -0.288 e. The fourth-order valence-corrected chi connectivity index (χ4v) is 2.76. The topological polar surface area (TPSA) is 17.1 Å². The molecule has 1 nitrogen and oxygen atoms in total. The van der Waals surface area contributed by atoms with Crippen LogP contribution in [-0.2, 0) is 0 Å². The fraction of sp³-hybridized carbons (Fsp3) is 0.364. The maximum atomic E-state index is 11.9. The summed E-state index contributed by atoms with van der Waals surface area (Å²) in [7, 11) is 0. The molecule has 14 heavy (non-hydrogen) atoms. The van der Waals surface area contributed by atoms with E-state index in [0.717, 1.165) is 24.8 Å². The Morgan fingerprint density at radius 3 is 2.86 bits per heavy atom. The summed E-state index contributed by atoms with van der Waals surface area (Å²) < 4.78 is 0. The Bertz CT molecular complexity index is 378. The van der Waals surface area contributed by atoms with Gasteiger partial charge in [0.25, 0.3) is 0 Å². The molecule has 0 amide bonds. The van der Waals surface area contributed by atoms with Crippen molar-refractivity contribution < 1.29 is 4.79 Å². The lowest BCUT2D eigenvalue weighted by molar-refractivity contribution is 0.103. The Balaban J connectivity index is 2.23. The molecule has 0 unspecified atom stereocenters. The number of thiophene rings is 1. The van der Waals surface area contributed by atoms with Gasteiger partial charge in [0.2, 0.25) is 0 Å². The van der Waals surface area contributed by atoms with Gasteiger partial charge >= 0.3 is 0 Å². The first kappa shape index (κ1) is 9.94. The van der Waals surface area contributed by atoms with E-state index in [1.54, 1.807) is 6.07 Å². The van der Waals surface area contributed by atoms with Crippen LogP contribution in [0.1, 0.15) is 35.4 Å². The standard InChI is InChI=1S/C11H11ClOS/c12-9-6-7-14-11(9)10(13)8-4-2-1-3-5-8/h4,6-7H,1-3,5H2. The lowest BCUT2D eigenvalue weighted by Crippen LogP contribution is -2.04. The molecule has 0 fully saturated rings. The molecule has 2 rings (SSSR count). The van der Waals surface area contributed by atoms with E-state index in [0.29, 0.717) is 9.90 Å². The van der Waals surface area contributed by atoms with Gasteiger partial charge in [-0.1, -0.05) is 17.7 Å². The molecule has 1 aliphatic rings. The highest BCUT2D eigenvalue weighted by atomic mass is 35.5. The highest BCUT2D eigenvalue weighted by molar-refractivity contribution is 7.13. The van der Waals surface area contributed by atoms with Crippen molar-refractivity contribution in [2.75, 3.05) is 0 Å². The highest BCUT2D eigenvalue weighted by Gasteiger charge is 2.17. The van der Waals surface area contributed by atoms with Crippen LogP contribution in [0.4, 0.5) is 0 Å². The second kappa shape index (κ2) is 4.28. The van der Waals surface area contributed by atoms with E-state index in [4.69, 9.17) is 11.6 Å². The van der Waals surface area contributed by atoms with Gasteiger partial charge in [0.05, 0.1) is 9.90 Å². The van der Waals surface area contributed by atoms with Crippen molar-refractivity contribution in [1.29, 1.82) is 0 Å². The Kier molecular flexibility index (Phi) is 3.04. The van der Waals surface area contributed by atoms with Gasteiger partial charge in [0, 0.05) is 0 Å².